The molecule has 2 unspecified atom stereocenters. The van der Waals surface area contributed by atoms with Crippen molar-refractivity contribution in [3.63, 3.8) is 0 Å². The molecular formula is C11H10ClIN5P. The van der Waals surface area contributed by atoms with Crippen molar-refractivity contribution in [2.75, 3.05) is 18.0 Å². The molecule has 8 heteroatoms. The lowest BCUT2D eigenvalue weighted by Crippen LogP contribution is -2.20. The number of nitrogens with zero attached hydrogens (tertiary/aromatic N) is 5. The van der Waals surface area contributed by atoms with Crippen LogP contribution in [0.25, 0.3) is 10.9 Å². The molecule has 0 bridgehead atoms. The Morgan fingerprint density at radius 2 is 2.42 bits per heavy atom. The first kappa shape index (κ1) is 13.3. The van der Waals surface area contributed by atoms with E-state index < -0.39 is 0 Å². The van der Waals surface area contributed by atoms with Gasteiger partial charge in [-0.25, -0.2) is 9.44 Å². The molecule has 2 atom stereocenters. The highest BCUT2D eigenvalue weighted by Crippen LogP contribution is 2.36. The lowest BCUT2D eigenvalue weighted by atomic mass is 10.1. The highest BCUT2D eigenvalue weighted by molar-refractivity contribution is 14.2. The zero-order valence-corrected chi connectivity index (χ0v) is 13.8. The van der Waals surface area contributed by atoms with Gasteiger partial charge in [-0.05, 0) is 28.5 Å². The molecule has 2 aromatic rings. The van der Waals surface area contributed by atoms with E-state index in [4.69, 9.17) is 16.9 Å². The van der Waals surface area contributed by atoms with Crippen LogP contribution in [0, 0.1) is 17.2 Å². The molecule has 0 N–H and O–H groups in total. The summed E-state index contributed by atoms with van der Waals surface area (Å²) in [6.07, 6.45) is 3.18. The summed E-state index contributed by atoms with van der Waals surface area (Å²) in [5.74, 6) is 1.02. The second-order valence-corrected chi connectivity index (χ2v) is 6.83. The van der Waals surface area contributed by atoms with E-state index in [-0.39, 0.29) is 5.92 Å². The van der Waals surface area contributed by atoms with E-state index in [1.54, 1.807) is 6.20 Å². The minimum atomic E-state index is 0.0995. The Balaban J connectivity index is 2.07. The number of hydrogen-bond acceptors (Lipinski definition) is 4. The van der Waals surface area contributed by atoms with Gasteiger partial charge in [-0.1, -0.05) is 11.6 Å². The average Bonchev–Trinajstić information content (AvgIpc) is 3.01. The number of hydrogen-bond donors (Lipinski definition) is 0. The number of rotatable bonds is 2. The fourth-order valence-electron chi connectivity index (χ4n) is 2.33. The molecule has 0 radical (unpaired) electrons. The largest absolute Gasteiger partial charge is 0.353 e. The van der Waals surface area contributed by atoms with Crippen LogP contribution in [0.1, 0.15) is 6.42 Å². The molecule has 1 fully saturated rings. The Labute approximate surface area is 130 Å². The second-order valence-electron chi connectivity index (χ2n) is 4.40. The standard InChI is InChI=1S/C11H10ClIN5P/c12-10-3-9-8(5-15-10)11(16-18(9)19-13)17-2-1-7(4-14)6-17/h3,5,7,19H,1-2,6H2. The molecule has 0 saturated carbocycles. The van der Waals surface area contributed by atoms with Gasteiger partial charge in [0.1, 0.15) is 5.15 Å². The van der Waals surface area contributed by atoms with Crippen LogP contribution in [0.5, 0.6) is 0 Å². The Morgan fingerprint density at radius 1 is 1.58 bits per heavy atom. The van der Waals surface area contributed by atoms with E-state index in [9.17, 15) is 0 Å². The molecule has 1 aliphatic heterocycles. The molecule has 3 rings (SSSR count). The highest BCUT2D eigenvalue weighted by Gasteiger charge is 2.26. The van der Waals surface area contributed by atoms with Crippen LogP contribution >= 0.6 is 40.0 Å². The van der Waals surface area contributed by atoms with Crippen LogP contribution in [-0.2, 0) is 0 Å². The minimum Gasteiger partial charge on any atom is -0.353 e. The zero-order valence-electron chi connectivity index (χ0n) is 9.85. The Hall–Kier alpha value is -0.640. The number of pyridine rings is 1. The van der Waals surface area contributed by atoms with Crippen molar-refractivity contribution >= 4 is 56.7 Å². The molecule has 0 amide bonds. The quantitative estimate of drug-likeness (QED) is 0.437. The highest BCUT2D eigenvalue weighted by atomic mass is 127. The third-order valence-electron chi connectivity index (χ3n) is 3.26. The first-order valence-corrected chi connectivity index (χ1v) is 10.2. The summed E-state index contributed by atoms with van der Waals surface area (Å²) >= 11 is 8.25. The van der Waals surface area contributed by atoms with Gasteiger partial charge in [0.2, 0.25) is 0 Å². The zero-order chi connectivity index (χ0) is 13.4. The lowest BCUT2D eigenvalue weighted by Gasteiger charge is -2.14. The molecule has 98 valence electrons. The summed E-state index contributed by atoms with van der Waals surface area (Å²) in [6, 6.07) is 4.17. The van der Waals surface area contributed by atoms with Gasteiger partial charge in [0.25, 0.3) is 0 Å². The van der Waals surface area contributed by atoms with Crippen molar-refractivity contribution in [3.05, 3.63) is 17.4 Å². The van der Waals surface area contributed by atoms with Crippen molar-refractivity contribution in [2.24, 2.45) is 5.92 Å². The third-order valence-corrected chi connectivity index (χ3v) is 5.34. The number of aromatic nitrogens is 3. The number of anilines is 1. The molecule has 0 aromatic carbocycles. The second kappa shape index (κ2) is 5.39. The van der Waals surface area contributed by atoms with Crippen molar-refractivity contribution < 1.29 is 0 Å². The van der Waals surface area contributed by atoms with Gasteiger partial charge in [0.15, 0.2) is 5.82 Å². The monoisotopic (exact) mass is 405 g/mol. The lowest BCUT2D eigenvalue weighted by molar-refractivity contribution is 0.754. The van der Waals surface area contributed by atoms with Gasteiger partial charge in [0.05, 0.1) is 29.3 Å². The maximum Gasteiger partial charge on any atom is 0.160 e. The molecule has 0 spiro atoms. The molecule has 1 saturated heterocycles. The number of nitriles is 1. The minimum absolute atomic E-state index is 0.0995. The van der Waals surface area contributed by atoms with E-state index in [0.717, 1.165) is 36.2 Å². The van der Waals surface area contributed by atoms with Gasteiger partial charge < -0.3 is 4.90 Å². The first-order chi connectivity index (χ1) is 9.22. The molecule has 5 nitrogen and oxygen atoms in total. The van der Waals surface area contributed by atoms with E-state index in [0.29, 0.717) is 11.5 Å². The van der Waals surface area contributed by atoms with Crippen molar-refractivity contribution in [3.8, 4) is 6.07 Å². The summed E-state index contributed by atoms with van der Waals surface area (Å²) in [7, 11) is 0. The van der Waals surface area contributed by atoms with Gasteiger partial charge in [0, 0.05) is 25.4 Å². The maximum atomic E-state index is 9.00. The van der Waals surface area contributed by atoms with Gasteiger partial charge in [-0.3, -0.25) is 0 Å². The molecule has 3 heterocycles. The third kappa shape index (κ3) is 2.39. The smallest absolute Gasteiger partial charge is 0.160 e. The predicted molar refractivity (Wildman–Crippen MR) is 86.2 cm³/mol. The molecule has 0 aliphatic carbocycles. The fourth-order valence-corrected chi connectivity index (χ4v) is 3.99. The Bertz CT molecular complexity index is 667. The van der Waals surface area contributed by atoms with Crippen LogP contribution in [0.2, 0.25) is 5.15 Å². The summed E-state index contributed by atoms with van der Waals surface area (Å²) in [5.41, 5.74) is 1.00. The summed E-state index contributed by atoms with van der Waals surface area (Å²) in [4.78, 5) is 6.31. The number of fused-ring (bicyclic) bond motifs is 1. The van der Waals surface area contributed by atoms with Crippen LogP contribution in [-0.4, -0.2) is 27.6 Å². The normalized spacial score (nSPS) is 19.6. The molecule has 19 heavy (non-hydrogen) atoms. The van der Waals surface area contributed by atoms with Crippen molar-refractivity contribution in [1.29, 1.82) is 5.26 Å². The van der Waals surface area contributed by atoms with Crippen LogP contribution in [0.4, 0.5) is 5.82 Å². The van der Waals surface area contributed by atoms with E-state index in [1.807, 2.05) is 10.5 Å². The topological polar surface area (TPSA) is 57.7 Å². The Kier molecular flexibility index (Phi) is 3.79. The fraction of sp³-hybridized carbons (Fsp3) is 0.364. The molecule has 2 aromatic heterocycles. The van der Waals surface area contributed by atoms with Crippen LogP contribution < -0.4 is 4.90 Å². The first-order valence-electron chi connectivity index (χ1n) is 5.78. The van der Waals surface area contributed by atoms with Gasteiger partial charge in [-0.15, -0.1) is 5.10 Å². The van der Waals surface area contributed by atoms with Gasteiger partial charge >= 0.3 is 0 Å². The van der Waals surface area contributed by atoms with Crippen molar-refractivity contribution in [2.45, 2.75) is 6.42 Å². The summed E-state index contributed by atoms with van der Waals surface area (Å²) < 4.78 is 1.94. The molecule has 1 aliphatic rings. The van der Waals surface area contributed by atoms with Crippen molar-refractivity contribution in [1.82, 2.24) is 14.5 Å². The van der Waals surface area contributed by atoms with E-state index in [1.165, 1.54) is 0 Å². The van der Waals surface area contributed by atoms with E-state index >= 15 is 0 Å². The summed E-state index contributed by atoms with van der Waals surface area (Å²) in [5, 5.41) is 15.1. The Morgan fingerprint density at radius 3 is 3.11 bits per heavy atom. The molecular weight excluding hydrogens is 395 g/mol. The predicted octanol–water partition coefficient (Wildman–Crippen LogP) is 3.23. The maximum absolute atomic E-state index is 9.00. The van der Waals surface area contributed by atoms with E-state index in [2.05, 4.69) is 43.1 Å². The van der Waals surface area contributed by atoms with Crippen LogP contribution in [0.3, 0.4) is 0 Å². The summed E-state index contributed by atoms with van der Waals surface area (Å²) in [6.45, 7) is 1.62. The number of halogens is 2. The average molecular weight is 406 g/mol. The SMILES string of the molecule is N#CC1CCN(c2nn(PI)c3cc(Cl)ncc23)C1. The van der Waals surface area contributed by atoms with Gasteiger partial charge in [-0.2, -0.15) is 5.26 Å². The van der Waals surface area contributed by atoms with Crippen LogP contribution in [0.15, 0.2) is 12.3 Å².